The quantitative estimate of drug-likeness (QED) is 0.671. The van der Waals surface area contributed by atoms with Crippen molar-refractivity contribution < 1.29 is 9.90 Å². The van der Waals surface area contributed by atoms with E-state index >= 15 is 0 Å². The highest BCUT2D eigenvalue weighted by molar-refractivity contribution is 6.33. The van der Waals surface area contributed by atoms with Gasteiger partial charge in [-0.25, -0.2) is 14.8 Å². The topological polar surface area (TPSA) is 86.0 Å². The molecule has 0 unspecified atom stereocenters. The van der Waals surface area contributed by atoms with Crippen LogP contribution in [0.1, 0.15) is 19.8 Å². The Morgan fingerprint density at radius 1 is 1.23 bits per heavy atom. The minimum absolute atomic E-state index is 0.0903. The molecule has 0 aliphatic carbocycles. The molecule has 0 bridgehead atoms. The Hall–Kier alpha value is -2.84. The third-order valence-electron chi connectivity index (χ3n) is 5.61. The number of nitrogens with one attached hydrogen (secondary N) is 1. The molecule has 30 heavy (non-hydrogen) atoms. The van der Waals surface area contributed by atoms with Crippen molar-refractivity contribution in [3.8, 4) is 11.3 Å². The largest absolute Gasteiger partial charge is 0.386 e. The molecule has 8 nitrogen and oxygen atoms in total. The highest BCUT2D eigenvalue weighted by Gasteiger charge is 2.36. The Bertz CT molecular complexity index is 1110. The number of amides is 2. The van der Waals surface area contributed by atoms with Crippen molar-refractivity contribution in [2.45, 2.75) is 25.4 Å². The molecule has 2 N–H and O–H groups in total. The predicted octanol–water partition coefficient (Wildman–Crippen LogP) is 3.25. The van der Waals surface area contributed by atoms with Gasteiger partial charge in [0.15, 0.2) is 0 Å². The first-order valence-corrected chi connectivity index (χ1v) is 10.4. The number of aliphatic hydroxyl groups is 1. The van der Waals surface area contributed by atoms with E-state index in [0.29, 0.717) is 35.3 Å². The lowest BCUT2D eigenvalue weighted by molar-refractivity contribution is 0.0309. The first kappa shape index (κ1) is 19.1. The SMILES string of the molecule is CC1(O)CN(c2cnc3nc(-c4cc(NC(=O)N5CCCC5)ccc4Cl)cn3c2)C1. The Balaban J connectivity index is 1.41. The van der Waals surface area contributed by atoms with Gasteiger partial charge in [-0.1, -0.05) is 11.6 Å². The third-order valence-corrected chi connectivity index (χ3v) is 5.94. The molecule has 0 atom stereocenters. The summed E-state index contributed by atoms with van der Waals surface area (Å²) in [5.41, 5.74) is 2.37. The Labute approximate surface area is 179 Å². The van der Waals surface area contributed by atoms with Crippen LogP contribution in [0.15, 0.2) is 36.8 Å². The zero-order chi connectivity index (χ0) is 20.9. The average Bonchev–Trinajstić information content (AvgIpc) is 3.36. The van der Waals surface area contributed by atoms with Crippen LogP contribution in [0.4, 0.5) is 16.2 Å². The molecule has 2 amide bonds. The number of aromatic nitrogens is 3. The standard InChI is InChI=1S/C21H23ClN6O2/c1-21(30)12-28(13-21)15-9-23-19-25-18(11-27(19)10-15)16-8-14(4-5-17(16)22)24-20(29)26-6-2-3-7-26/h4-5,8-11,30H,2-3,6-7,12-13H2,1H3,(H,24,29). The van der Waals surface area contributed by atoms with Gasteiger partial charge < -0.3 is 20.2 Å². The molecule has 5 rings (SSSR count). The van der Waals surface area contributed by atoms with Crippen LogP contribution in [0.25, 0.3) is 17.0 Å². The average molecular weight is 427 g/mol. The summed E-state index contributed by atoms with van der Waals surface area (Å²) >= 11 is 6.44. The van der Waals surface area contributed by atoms with Gasteiger partial charge in [-0.05, 0) is 38.0 Å². The number of imidazole rings is 1. The van der Waals surface area contributed by atoms with Gasteiger partial charge in [0.05, 0.1) is 28.2 Å². The number of urea groups is 1. The van der Waals surface area contributed by atoms with Crippen molar-refractivity contribution in [1.82, 2.24) is 19.3 Å². The maximum absolute atomic E-state index is 12.4. The second-order valence-electron chi connectivity index (χ2n) is 8.32. The van der Waals surface area contributed by atoms with Crippen LogP contribution >= 0.6 is 11.6 Å². The molecule has 1 aromatic carbocycles. The second-order valence-corrected chi connectivity index (χ2v) is 8.72. The zero-order valence-electron chi connectivity index (χ0n) is 16.7. The molecule has 2 fully saturated rings. The lowest BCUT2D eigenvalue weighted by atomic mass is 9.97. The monoisotopic (exact) mass is 426 g/mol. The molecular formula is C21H23ClN6O2. The van der Waals surface area contributed by atoms with Gasteiger partial charge in [0.25, 0.3) is 0 Å². The molecule has 3 aromatic rings. The minimum atomic E-state index is -0.650. The van der Waals surface area contributed by atoms with E-state index in [2.05, 4.69) is 20.2 Å². The highest BCUT2D eigenvalue weighted by atomic mass is 35.5. The highest BCUT2D eigenvalue weighted by Crippen LogP contribution is 2.31. The van der Waals surface area contributed by atoms with Crippen LogP contribution < -0.4 is 10.2 Å². The normalized spacial score (nSPS) is 18.0. The summed E-state index contributed by atoms with van der Waals surface area (Å²) in [7, 11) is 0. The Morgan fingerprint density at radius 3 is 2.73 bits per heavy atom. The number of β-amino-alcohol motifs (C(OH)–C–C–N with tert-alkyl or cyclic N) is 1. The van der Waals surface area contributed by atoms with Gasteiger partial charge >= 0.3 is 6.03 Å². The van der Waals surface area contributed by atoms with Crippen LogP contribution in [0.2, 0.25) is 5.02 Å². The van der Waals surface area contributed by atoms with Gasteiger partial charge in [-0.2, -0.15) is 0 Å². The molecule has 156 valence electrons. The first-order chi connectivity index (χ1) is 14.4. The van der Waals surface area contributed by atoms with Crippen molar-refractivity contribution >= 4 is 34.8 Å². The second kappa shape index (κ2) is 7.14. The number of rotatable bonds is 3. The van der Waals surface area contributed by atoms with Crippen LogP contribution in [0, 0.1) is 0 Å². The number of fused-ring (bicyclic) bond motifs is 1. The molecule has 0 spiro atoms. The van der Waals surface area contributed by atoms with Gasteiger partial charge in [0.1, 0.15) is 0 Å². The van der Waals surface area contributed by atoms with E-state index in [4.69, 9.17) is 11.6 Å². The number of carbonyl (C=O) groups is 1. The van der Waals surface area contributed by atoms with E-state index in [1.165, 1.54) is 0 Å². The zero-order valence-corrected chi connectivity index (χ0v) is 17.4. The maximum Gasteiger partial charge on any atom is 0.321 e. The Morgan fingerprint density at radius 2 is 2.00 bits per heavy atom. The molecule has 2 saturated heterocycles. The molecule has 2 aliphatic heterocycles. The summed E-state index contributed by atoms with van der Waals surface area (Å²) in [5.74, 6) is 0.559. The van der Waals surface area contributed by atoms with Crippen LogP contribution in [-0.2, 0) is 0 Å². The summed E-state index contributed by atoms with van der Waals surface area (Å²) < 4.78 is 1.85. The number of benzene rings is 1. The first-order valence-electron chi connectivity index (χ1n) is 10.1. The fourth-order valence-corrected chi connectivity index (χ4v) is 4.26. The van der Waals surface area contributed by atoms with Gasteiger partial charge in [-0.3, -0.25) is 4.40 Å². The van der Waals surface area contributed by atoms with Crippen molar-refractivity contribution in [3.63, 3.8) is 0 Å². The van der Waals surface area contributed by atoms with E-state index in [0.717, 1.165) is 37.2 Å². The van der Waals surface area contributed by atoms with Crippen LogP contribution in [-0.4, -0.2) is 62.2 Å². The predicted molar refractivity (Wildman–Crippen MR) is 116 cm³/mol. The molecule has 2 aliphatic rings. The summed E-state index contributed by atoms with van der Waals surface area (Å²) in [6, 6.07) is 5.31. The number of carbonyl (C=O) groups excluding carboxylic acids is 1. The number of hydrogen-bond donors (Lipinski definition) is 2. The van der Waals surface area contributed by atoms with Crippen molar-refractivity contribution in [1.29, 1.82) is 0 Å². The fourth-order valence-electron chi connectivity index (χ4n) is 4.05. The summed E-state index contributed by atoms with van der Waals surface area (Å²) in [5, 5.41) is 13.5. The summed E-state index contributed by atoms with van der Waals surface area (Å²) in [6.07, 6.45) is 7.67. The number of nitrogens with zero attached hydrogens (tertiary/aromatic N) is 5. The molecule has 0 saturated carbocycles. The van der Waals surface area contributed by atoms with Crippen molar-refractivity contribution in [2.24, 2.45) is 0 Å². The van der Waals surface area contributed by atoms with Crippen molar-refractivity contribution in [3.05, 3.63) is 41.8 Å². The summed E-state index contributed by atoms with van der Waals surface area (Å²) in [6.45, 7) is 4.55. The molecule has 2 aromatic heterocycles. The maximum atomic E-state index is 12.4. The van der Waals surface area contributed by atoms with Gasteiger partial charge in [-0.15, -0.1) is 0 Å². The summed E-state index contributed by atoms with van der Waals surface area (Å²) in [4.78, 5) is 25.3. The number of halogens is 1. The lowest BCUT2D eigenvalue weighted by Gasteiger charge is -2.45. The van der Waals surface area contributed by atoms with E-state index in [1.807, 2.05) is 34.7 Å². The number of likely N-dealkylation sites (tertiary alicyclic amines) is 1. The Kier molecular flexibility index (Phi) is 4.56. The van der Waals surface area contributed by atoms with Crippen LogP contribution in [0.3, 0.4) is 0 Å². The number of anilines is 2. The smallest absolute Gasteiger partial charge is 0.321 e. The van der Waals surface area contributed by atoms with E-state index in [1.54, 1.807) is 18.3 Å². The molecule has 0 radical (unpaired) electrons. The van der Waals surface area contributed by atoms with Crippen LogP contribution in [0.5, 0.6) is 0 Å². The number of hydrogen-bond acceptors (Lipinski definition) is 5. The minimum Gasteiger partial charge on any atom is -0.386 e. The van der Waals surface area contributed by atoms with Crippen molar-refractivity contribution in [2.75, 3.05) is 36.4 Å². The van der Waals surface area contributed by atoms with E-state index < -0.39 is 5.60 Å². The van der Waals surface area contributed by atoms with E-state index in [-0.39, 0.29) is 6.03 Å². The lowest BCUT2D eigenvalue weighted by Crippen LogP contribution is -2.60. The molecular weight excluding hydrogens is 404 g/mol. The van der Waals surface area contributed by atoms with Gasteiger partial charge in [0, 0.05) is 49.8 Å². The van der Waals surface area contributed by atoms with Gasteiger partial charge in [0.2, 0.25) is 5.78 Å². The molecule has 4 heterocycles. The fraction of sp³-hybridized carbons (Fsp3) is 0.381. The molecule has 9 heteroatoms. The third kappa shape index (κ3) is 3.57. The van der Waals surface area contributed by atoms with E-state index in [9.17, 15) is 9.90 Å².